The number of nitrogens with zero attached hydrogens (tertiary/aromatic N) is 2. The van der Waals surface area contributed by atoms with E-state index in [-0.39, 0.29) is 30.7 Å². The number of benzene rings is 2. The van der Waals surface area contributed by atoms with Crippen LogP contribution in [0.2, 0.25) is 5.02 Å². The Morgan fingerprint density at radius 1 is 1.19 bits per heavy atom. The van der Waals surface area contributed by atoms with Gasteiger partial charge in [-0.25, -0.2) is 4.39 Å². The Hall–Kier alpha value is -2.11. The van der Waals surface area contributed by atoms with Crippen LogP contribution in [-0.4, -0.2) is 48.5 Å². The van der Waals surface area contributed by atoms with E-state index < -0.39 is 0 Å². The molecule has 1 aliphatic rings. The van der Waals surface area contributed by atoms with Crippen molar-refractivity contribution < 1.29 is 13.9 Å². The first kappa shape index (κ1) is 23.6. The molecule has 0 spiro atoms. The zero-order valence-electron chi connectivity index (χ0n) is 18.6. The first-order valence-corrected chi connectivity index (χ1v) is 11.3. The van der Waals surface area contributed by atoms with Crippen LogP contribution in [0.4, 0.5) is 4.39 Å². The maximum Gasteiger partial charge on any atom is 0.227 e. The zero-order valence-corrected chi connectivity index (χ0v) is 19.4. The highest BCUT2D eigenvalue weighted by Gasteiger charge is 2.27. The van der Waals surface area contributed by atoms with E-state index in [1.54, 1.807) is 12.1 Å². The summed E-state index contributed by atoms with van der Waals surface area (Å²) in [6, 6.07) is 12.4. The van der Waals surface area contributed by atoms with E-state index in [9.17, 15) is 9.18 Å². The number of rotatable bonds is 8. The predicted octanol–water partition coefficient (Wildman–Crippen LogP) is 5.18. The summed E-state index contributed by atoms with van der Waals surface area (Å²) in [5, 5.41) is 0.359. The summed E-state index contributed by atoms with van der Waals surface area (Å²) in [5.41, 5.74) is 1.42. The molecule has 3 rings (SSSR count). The first-order valence-electron chi connectivity index (χ1n) is 11.0. The molecule has 1 heterocycles. The van der Waals surface area contributed by atoms with Gasteiger partial charge in [-0.1, -0.05) is 43.6 Å². The van der Waals surface area contributed by atoms with E-state index in [1.165, 1.54) is 6.07 Å². The Morgan fingerprint density at radius 2 is 1.87 bits per heavy atom. The molecule has 0 aromatic heterocycles. The quantitative estimate of drug-likeness (QED) is 0.560. The normalized spacial score (nSPS) is 15.3. The fourth-order valence-electron chi connectivity index (χ4n) is 3.80. The van der Waals surface area contributed by atoms with Crippen LogP contribution in [0.5, 0.6) is 5.75 Å². The molecule has 1 aliphatic heterocycles. The Bertz CT molecular complexity index is 864. The van der Waals surface area contributed by atoms with Gasteiger partial charge in [-0.2, -0.15) is 0 Å². The Labute approximate surface area is 189 Å². The fraction of sp³-hybridized carbons (Fsp3) is 0.480. The van der Waals surface area contributed by atoms with Crippen LogP contribution in [0.15, 0.2) is 42.5 Å². The highest BCUT2D eigenvalue weighted by atomic mass is 35.5. The van der Waals surface area contributed by atoms with Gasteiger partial charge < -0.3 is 14.5 Å². The maximum atomic E-state index is 14.5. The molecule has 2 aromatic rings. The van der Waals surface area contributed by atoms with Crippen molar-refractivity contribution in [3.63, 3.8) is 0 Å². The van der Waals surface area contributed by atoms with Gasteiger partial charge in [0.2, 0.25) is 5.91 Å². The van der Waals surface area contributed by atoms with E-state index in [4.69, 9.17) is 16.3 Å². The number of piperidine rings is 1. The van der Waals surface area contributed by atoms with Crippen LogP contribution in [0, 0.1) is 11.7 Å². The Balaban J connectivity index is 1.72. The van der Waals surface area contributed by atoms with Gasteiger partial charge in [-0.05, 0) is 68.7 Å². The van der Waals surface area contributed by atoms with Crippen molar-refractivity contribution in [1.29, 1.82) is 0 Å². The molecule has 168 valence electrons. The molecule has 1 fully saturated rings. The van der Waals surface area contributed by atoms with Crippen molar-refractivity contribution in [2.24, 2.45) is 5.92 Å². The monoisotopic (exact) mass is 446 g/mol. The lowest BCUT2D eigenvalue weighted by molar-refractivity contribution is -0.134. The molecular formula is C25H32ClFN2O2. The number of likely N-dealkylation sites (tertiary alicyclic amines) is 1. The first-order chi connectivity index (χ1) is 14.8. The summed E-state index contributed by atoms with van der Waals surface area (Å²) < 4.78 is 20.2. The number of hydrogen-bond acceptors (Lipinski definition) is 3. The zero-order chi connectivity index (χ0) is 22.4. The van der Waals surface area contributed by atoms with E-state index in [2.05, 4.69) is 25.8 Å². The Morgan fingerprint density at radius 3 is 2.48 bits per heavy atom. The van der Waals surface area contributed by atoms with Crippen molar-refractivity contribution in [1.82, 2.24) is 9.80 Å². The second-order valence-corrected chi connectivity index (χ2v) is 9.25. The van der Waals surface area contributed by atoms with Crippen LogP contribution in [0.25, 0.3) is 0 Å². The number of carbonyl (C=O) groups is 1. The summed E-state index contributed by atoms with van der Waals surface area (Å²) in [6.45, 7) is 6.99. The molecule has 0 N–H and O–H groups in total. The summed E-state index contributed by atoms with van der Waals surface area (Å²) in [5.74, 6) is 0.905. The van der Waals surface area contributed by atoms with Gasteiger partial charge in [0, 0.05) is 23.2 Å². The molecule has 6 heteroatoms. The van der Waals surface area contributed by atoms with Crippen LogP contribution in [0.1, 0.15) is 37.8 Å². The van der Waals surface area contributed by atoms with E-state index in [0.717, 1.165) is 37.2 Å². The second kappa shape index (κ2) is 11.0. The van der Waals surface area contributed by atoms with Crippen LogP contribution < -0.4 is 4.74 Å². The largest absolute Gasteiger partial charge is 0.493 e. The molecular weight excluding hydrogens is 415 g/mol. The highest BCUT2D eigenvalue weighted by Crippen LogP contribution is 2.23. The van der Waals surface area contributed by atoms with Gasteiger partial charge in [-0.15, -0.1) is 0 Å². The van der Waals surface area contributed by atoms with Gasteiger partial charge in [0.15, 0.2) is 0 Å². The molecule has 1 amide bonds. The molecule has 4 nitrogen and oxygen atoms in total. The molecule has 0 saturated carbocycles. The van der Waals surface area contributed by atoms with Crippen molar-refractivity contribution >= 4 is 17.5 Å². The summed E-state index contributed by atoms with van der Waals surface area (Å²) in [4.78, 5) is 17.4. The van der Waals surface area contributed by atoms with Crippen LogP contribution in [0.3, 0.4) is 0 Å². The Kier molecular flexibility index (Phi) is 8.33. The van der Waals surface area contributed by atoms with E-state index in [0.29, 0.717) is 23.1 Å². The van der Waals surface area contributed by atoms with Gasteiger partial charge in [0.05, 0.1) is 13.0 Å². The van der Waals surface area contributed by atoms with Crippen LogP contribution >= 0.6 is 11.6 Å². The minimum atomic E-state index is -0.370. The van der Waals surface area contributed by atoms with Gasteiger partial charge in [-0.3, -0.25) is 4.79 Å². The number of ether oxygens (including phenoxy) is 1. The van der Waals surface area contributed by atoms with Gasteiger partial charge >= 0.3 is 0 Å². The minimum absolute atomic E-state index is 0.0137. The van der Waals surface area contributed by atoms with Crippen molar-refractivity contribution in [2.75, 3.05) is 26.7 Å². The number of carbonyl (C=O) groups excluding carboxylic acids is 1. The molecule has 0 radical (unpaired) electrons. The average Bonchev–Trinajstić information content (AvgIpc) is 2.73. The van der Waals surface area contributed by atoms with Crippen molar-refractivity contribution in [3.05, 3.63) is 64.4 Å². The maximum absolute atomic E-state index is 14.5. The smallest absolute Gasteiger partial charge is 0.227 e. The molecule has 0 bridgehead atoms. The standard InChI is InChI=1S/C25H32ClFN2O2/c1-18(2)17-31-23-8-4-19(5-9-23)14-25(30)29(22-10-12-28(3)13-11-22)16-20-6-7-21(26)15-24(20)27/h4-9,15,18,22H,10-14,16-17H2,1-3H3. The number of hydrogen-bond donors (Lipinski definition) is 0. The van der Waals surface area contributed by atoms with Crippen LogP contribution in [-0.2, 0) is 17.8 Å². The SMILES string of the molecule is CC(C)COc1ccc(CC(=O)N(Cc2ccc(Cl)cc2F)C2CCN(C)CC2)cc1. The summed E-state index contributed by atoms with van der Waals surface area (Å²) in [6.07, 6.45) is 2.06. The summed E-state index contributed by atoms with van der Waals surface area (Å²) >= 11 is 5.90. The van der Waals surface area contributed by atoms with E-state index in [1.807, 2.05) is 29.2 Å². The molecule has 1 saturated heterocycles. The second-order valence-electron chi connectivity index (χ2n) is 8.82. The lowest BCUT2D eigenvalue weighted by Gasteiger charge is -2.37. The highest BCUT2D eigenvalue weighted by molar-refractivity contribution is 6.30. The third-order valence-corrected chi connectivity index (χ3v) is 5.90. The van der Waals surface area contributed by atoms with Crippen molar-refractivity contribution in [2.45, 2.75) is 45.7 Å². The number of halogens is 2. The minimum Gasteiger partial charge on any atom is -0.493 e. The molecule has 0 unspecified atom stereocenters. The lowest BCUT2D eigenvalue weighted by atomic mass is 10.0. The van der Waals surface area contributed by atoms with Gasteiger partial charge in [0.25, 0.3) is 0 Å². The third-order valence-electron chi connectivity index (χ3n) is 5.67. The topological polar surface area (TPSA) is 32.8 Å². The van der Waals surface area contributed by atoms with Crippen molar-refractivity contribution in [3.8, 4) is 5.75 Å². The average molecular weight is 447 g/mol. The lowest BCUT2D eigenvalue weighted by Crippen LogP contribution is -2.46. The third kappa shape index (κ3) is 6.94. The molecule has 2 aromatic carbocycles. The molecule has 0 atom stereocenters. The van der Waals surface area contributed by atoms with E-state index >= 15 is 0 Å². The van der Waals surface area contributed by atoms with Gasteiger partial charge in [0.1, 0.15) is 11.6 Å². The molecule has 31 heavy (non-hydrogen) atoms. The fourth-order valence-corrected chi connectivity index (χ4v) is 3.96. The predicted molar refractivity (Wildman–Crippen MR) is 123 cm³/mol. The number of amides is 1. The summed E-state index contributed by atoms with van der Waals surface area (Å²) in [7, 11) is 2.09. The molecule has 0 aliphatic carbocycles.